The van der Waals surface area contributed by atoms with Gasteiger partial charge in [-0.25, -0.2) is 0 Å². The molecule has 17 heavy (non-hydrogen) atoms. The molecule has 0 aromatic carbocycles. The number of carboxylic acids is 1. The SMILES string of the molecule is CCC(C)N(CCOC)CCC(C)(C)C(=O)O. The van der Waals surface area contributed by atoms with E-state index >= 15 is 0 Å². The lowest BCUT2D eigenvalue weighted by Crippen LogP contribution is -2.39. The van der Waals surface area contributed by atoms with Gasteiger partial charge in [-0.3, -0.25) is 9.69 Å². The van der Waals surface area contributed by atoms with Gasteiger partial charge in [-0.1, -0.05) is 6.92 Å². The minimum Gasteiger partial charge on any atom is -0.481 e. The van der Waals surface area contributed by atoms with Crippen LogP contribution in [0.4, 0.5) is 0 Å². The Morgan fingerprint density at radius 1 is 1.41 bits per heavy atom. The normalized spacial score (nSPS) is 14.0. The van der Waals surface area contributed by atoms with Gasteiger partial charge in [0.05, 0.1) is 12.0 Å². The zero-order valence-corrected chi connectivity index (χ0v) is 11.8. The number of carboxylic acid groups (broad SMARTS) is 1. The van der Waals surface area contributed by atoms with Crippen LogP contribution in [-0.4, -0.2) is 48.8 Å². The van der Waals surface area contributed by atoms with Gasteiger partial charge in [0.2, 0.25) is 0 Å². The molecule has 0 aliphatic carbocycles. The molecule has 0 spiro atoms. The van der Waals surface area contributed by atoms with Crippen LogP contribution in [-0.2, 0) is 9.53 Å². The van der Waals surface area contributed by atoms with Crippen molar-refractivity contribution in [1.29, 1.82) is 0 Å². The zero-order valence-electron chi connectivity index (χ0n) is 11.8. The van der Waals surface area contributed by atoms with Crippen molar-refractivity contribution in [2.24, 2.45) is 5.41 Å². The number of carbonyl (C=O) groups is 1. The Bertz CT molecular complexity index is 229. The van der Waals surface area contributed by atoms with Gasteiger partial charge in [-0.15, -0.1) is 0 Å². The van der Waals surface area contributed by atoms with E-state index in [4.69, 9.17) is 9.84 Å². The van der Waals surface area contributed by atoms with Crippen molar-refractivity contribution in [2.45, 2.75) is 46.6 Å². The van der Waals surface area contributed by atoms with E-state index in [1.54, 1.807) is 21.0 Å². The fourth-order valence-corrected chi connectivity index (χ4v) is 1.55. The molecular weight excluding hydrogens is 218 g/mol. The fourth-order valence-electron chi connectivity index (χ4n) is 1.55. The maximum absolute atomic E-state index is 11.0. The Morgan fingerprint density at radius 3 is 2.41 bits per heavy atom. The first-order chi connectivity index (χ1) is 7.85. The summed E-state index contributed by atoms with van der Waals surface area (Å²) in [6.45, 7) is 10.2. The standard InChI is InChI=1S/C13H27NO3/c1-6-11(2)14(9-10-17-5)8-7-13(3,4)12(15)16/h11H,6-10H2,1-5H3,(H,15,16). The second-order valence-corrected chi connectivity index (χ2v) is 5.23. The molecule has 0 aliphatic heterocycles. The predicted molar refractivity (Wildman–Crippen MR) is 69.2 cm³/mol. The summed E-state index contributed by atoms with van der Waals surface area (Å²) in [5.41, 5.74) is -0.654. The van der Waals surface area contributed by atoms with Gasteiger partial charge in [0.25, 0.3) is 0 Å². The lowest BCUT2D eigenvalue weighted by Gasteiger charge is -2.30. The molecule has 0 amide bonds. The second-order valence-electron chi connectivity index (χ2n) is 5.23. The first-order valence-electron chi connectivity index (χ1n) is 6.31. The Labute approximate surface area is 105 Å². The molecule has 0 saturated heterocycles. The number of hydrogen-bond donors (Lipinski definition) is 1. The van der Waals surface area contributed by atoms with Crippen molar-refractivity contribution in [2.75, 3.05) is 26.8 Å². The minimum absolute atomic E-state index is 0.467. The molecule has 0 aromatic rings. The van der Waals surface area contributed by atoms with Crippen LogP contribution in [0.15, 0.2) is 0 Å². The van der Waals surface area contributed by atoms with E-state index < -0.39 is 11.4 Å². The summed E-state index contributed by atoms with van der Waals surface area (Å²) >= 11 is 0. The molecule has 0 radical (unpaired) electrons. The Hall–Kier alpha value is -0.610. The van der Waals surface area contributed by atoms with Crippen molar-refractivity contribution < 1.29 is 14.6 Å². The van der Waals surface area contributed by atoms with Crippen LogP contribution in [0.3, 0.4) is 0 Å². The van der Waals surface area contributed by atoms with E-state index in [9.17, 15) is 4.79 Å². The second kappa shape index (κ2) is 7.67. The molecule has 4 nitrogen and oxygen atoms in total. The smallest absolute Gasteiger partial charge is 0.309 e. The quantitative estimate of drug-likeness (QED) is 0.677. The highest BCUT2D eigenvalue weighted by molar-refractivity contribution is 5.73. The van der Waals surface area contributed by atoms with Crippen LogP contribution in [0.5, 0.6) is 0 Å². The maximum atomic E-state index is 11.0. The largest absolute Gasteiger partial charge is 0.481 e. The summed E-state index contributed by atoms with van der Waals surface area (Å²) < 4.78 is 5.09. The molecule has 0 fully saturated rings. The van der Waals surface area contributed by atoms with E-state index in [1.165, 1.54) is 0 Å². The van der Waals surface area contributed by atoms with Crippen molar-refractivity contribution in [3.8, 4) is 0 Å². The molecule has 4 heteroatoms. The highest BCUT2D eigenvalue weighted by Crippen LogP contribution is 2.21. The van der Waals surface area contributed by atoms with E-state index in [-0.39, 0.29) is 0 Å². The van der Waals surface area contributed by atoms with Gasteiger partial charge in [-0.2, -0.15) is 0 Å². The van der Waals surface area contributed by atoms with E-state index in [2.05, 4.69) is 18.7 Å². The number of nitrogens with zero attached hydrogens (tertiary/aromatic N) is 1. The summed E-state index contributed by atoms with van der Waals surface area (Å²) in [4.78, 5) is 13.3. The van der Waals surface area contributed by atoms with Crippen LogP contribution in [0.1, 0.15) is 40.5 Å². The van der Waals surface area contributed by atoms with Crippen molar-refractivity contribution in [3.05, 3.63) is 0 Å². The summed E-state index contributed by atoms with van der Waals surface area (Å²) in [6.07, 6.45) is 1.73. The molecule has 102 valence electrons. The number of rotatable bonds is 9. The van der Waals surface area contributed by atoms with E-state index in [0.29, 0.717) is 19.1 Å². The molecule has 1 atom stereocenters. The van der Waals surface area contributed by atoms with Crippen LogP contribution in [0.25, 0.3) is 0 Å². The number of hydrogen-bond acceptors (Lipinski definition) is 3. The first-order valence-corrected chi connectivity index (χ1v) is 6.31. The molecular formula is C13H27NO3. The van der Waals surface area contributed by atoms with Crippen molar-refractivity contribution in [1.82, 2.24) is 4.90 Å². The highest BCUT2D eigenvalue weighted by atomic mass is 16.5. The lowest BCUT2D eigenvalue weighted by molar-refractivity contribution is -0.147. The van der Waals surface area contributed by atoms with E-state index in [1.807, 2.05) is 0 Å². The third kappa shape index (κ3) is 6.03. The van der Waals surface area contributed by atoms with Gasteiger partial charge in [0.1, 0.15) is 0 Å². The Morgan fingerprint density at radius 2 is 2.00 bits per heavy atom. The van der Waals surface area contributed by atoms with E-state index in [0.717, 1.165) is 19.5 Å². The lowest BCUT2D eigenvalue weighted by atomic mass is 9.89. The molecule has 0 saturated carbocycles. The van der Waals surface area contributed by atoms with Crippen LogP contribution in [0.2, 0.25) is 0 Å². The molecule has 1 N–H and O–H groups in total. The molecule has 0 bridgehead atoms. The van der Waals surface area contributed by atoms with Gasteiger partial charge in [0, 0.05) is 19.7 Å². The van der Waals surface area contributed by atoms with Gasteiger partial charge in [0.15, 0.2) is 0 Å². The fraction of sp³-hybridized carbons (Fsp3) is 0.923. The van der Waals surface area contributed by atoms with Gasteiger partial charge >= 0.3 is 5.97 Å². The third-order valence-electron chi connectivity index (χ3n) is 3.40. The Kier molecular flexibility index (Phi) is 7.39. The molecule has 1 unspecified atom stereocenters. The van der Waals surface area contributed by atoms with Crippen molar-refractivity contribution >= 4 is 5.97 Å². The average Bonchev–Trinajstić information content (AvgIpc) is 2.28. The average molecular weight is 245 g/mol. The van der Waals surface area contributed by atoms with Crippen molar-refractivity contribution in [3.63, 3.8) is 0 Å². The molecule has 0 aliphatic rings. The van der Waals surface area contributed by atoms with Gasteiger partial charge in [-0.05, 0) is 40.2 Å². The third-order valence-corrected chi connectivity index (χ3v) is 3.40. The topological polar surface area (TPSA) is 49.8 Å². The first kappa shape index (κ1) is 16.4. The highest BCUT2D eigenvalue weighted by Gasteiger charge is 2.28. The Balaban J connectivity index is 4.29. The van der Waals surface area contributed by atoms with Crippen LogP contribution < -0.4 is 0 Å². The summed E-state index contributed by atoms with van der Waals surface area (Å²) in [6, 6.07) is 0.467. The minimum atomic E-state index is -0.728. The number of aliphatic carboxylic acids is 1. The van der Waals surface area contributed by atoms with Gasteiger partial charge < -0.3 is 9.84 Å². The monoisotopic (exact) mass is 245 g/mol. The molecule has 0 rings (SSSR count). The number of methoxy groups -OCH3 is 1. The molecule has 0 heterocycles. The zero-order chi connectivity index (χ0) is 13.5. The van der Waals surface area contributed by atoms with Crippen LogP contribution in [0, 0.1) is 5.41 Å². The summed E-state index contributed by atoms with van der Waals surface area (Å²) in [7, 11) is 1.69. The maximum Gasteiger partial charge on any atom is 0.309 e. The predicted octanol–water partition coefficient (Wildman–Crippen LogP) is 2.23. The number of ether oxygens (including phenoxy) is 1. The van der Waals surface area contributed by atoms with Crippen LogP contribution >= 0.6 is 0 Å². The summed E-state index contributed by atoms with van der Waals surface area (Å²) in [5, 5.41) is 9.08. The molecule has 0 aromatic heterocycles. The summed E-state index contributed by atoms with van der Waals surface area (Å²) in [5.74, 6) is -0.728.